The van der Waals surface area contributed by atoms with E-state index in [1.54, 1.807) is 11.8 Å². The van der Waals surface area contributed by atoms with Gasteiger partial charge in [-0.25, -0.2) is 9.18 Å². The fourth-order valence-corrected chi connectivity index (χ4v) is 3.43. The third-order valence-electron chi connectivity index (χ3n) is 4.53. The Bertz CT molecular complexity index is 690. The molecule has 0 spiro atoms. The molecule has 2 aliphatic heterocycles. The van der Waals surface area contributed by atoms with Gasteiger partial charge in [0.1, 0.15) is 23.8 Å². The number of hydrogen-bond acceptors (Lipinski definition) is 4. The molecule has 1 unspecified atom stereocenters. The summed E-state index contributed by atoms with van der Waals surface area (Å²) >= 11 is 6.27. The van der Waals surface area contributed by atoms with Crippen LogP contribution in [0.2, 0.25) is 5.02 Å². The third kappa shape index (κ3) is 3.85. The van der Waals surface area contributed by atoms with E-state index in [4.69, 9.17) is 21.1 Å². The Morgan fingerprint density at radius 3 is 2.80 bits per heavy atom. The van der Waals surface area contributed by atoms with Crippen LogP contribution < -0.4 is 4.74 Å². The second-order valence-corrected chi connectivity index (χ2v) is 8.03. The largest absolute Gasteiger partial charge is 0.490 e. The Morgan fingerprint density at radius 1 is 1.40 bits per heavy atom. The average molecular weight is 371 g/mol. The fraction of sp³-hybridized carbons (Fsp3) is 0.611. The molecule has 3 rings (SSSR count). The number of amides is 1. The van der Waals surface area contributed by atoms with Crippen molar-refractivity contribution in [3.05, 3.63) is 28.0 Å². The molecule has 1 aromatic carbocycles. The minimum Gasteiger partial charge on any atom is -0.490 e. The van der Waals surface area contributed by atoms with Gasteiger partial charge in [0.25, 0.3) is 0 Å². The van der Waals surface area contributed by atoms with Gasteiger partial charge < -0.3 is 14.4 Å². The summed E-state index contributed by atoms with van der Waals surface area (Å²) in [6, 6.07) is 1.52. The van der Waals surface area contributed by atoms with Gasteiger partial charge in [0, 0.05) is 37.3 Å². The highest BCUT2D eigenvalue weighted by Crippen LogP contribution is 2.37. The number of ether oxygens (including phenoxy) is 2. The Kier molecular flexibility index (Phi) is 4.86. The minimum absolute atomic E-state index is 0.0214. The summed E-state index contributed by atoms with van der Waals surface area (Å²) in [5, 5.41) is 0.332. The quantitative estimate of drug-likeness (QED) is 0.699. The molecule has 1 saturated heterocycles. The predicted octanol–water partition coefficient (Wildman–Crippen LogP) is 3.60. The zero-order valence-electron chi connectivity index (χ0n) is 15.1. The van der Waals surface area contributed by atoms with Crippen molar-refractivity contribution in [1.29, 1.82) is 0 Å². The molecule has 5 nitrogen and oxygen atoms in total. The SMILES string of the molecule is Cc1c(F)cc2c(c1Cl)OCC1CN(C(=O)OC(C)(C)C)CCN1C2. The maximum Gasteiger partial charge on any atom is 0.410 e. The number of rotatable bonds is 0. The van der Waals surface area contributed by atoms with Crippen molar-refractivity contribution < 1.29 is 18.7 Å². The van der Waals surface area contributed by atoms with E-state index >= 15 is 0 Å². The van der Waals surface area contributed by atoms with E-state index in [0.29, 0.717) is 49.1 Å². The number of piperazine rings is 1. The molecule has 0 aromatic heterocycles. The van der Waals surface area contributed by atoms with Crippen LogP contribution in [0.3, 0.4) is 0 Å². The van der Waals surface area contributed by atoms with Gasteiger partial charge in [0.15, 0.2) is 0 Å². The molecule has 25 heavy (non-hydrogen) atoms. The molecule has 2 aliphatic rings. The van der Waals surface area contributed by atoms with E-state index in [0.717, 1.165) is 5.56 Å². The fourth-order valence-electron chi connectivity index (χ4n) is 3.17. The average Bonchev–Trinajstić information content (AvgIpc) is 2.69. The number of carbonyl (C=O) groups is 1. The molecule has 1 aromatic rings. The lowest BCUT2D eigenvalue weighted by Crippen LogP contribution is -2.56. The molecule has 0 bridgehead atoms. The predicted molar refractivity (Wildman–Crippen MR) is 93.6 cm³/mol. The molecule has 1 amide bonds. The first kappa shape index (κ1) is 18.3. The highest BCUT2D eigenvalue weighted by molar-refractivity contribution is 6.33. The Balaban J connectivity index is 1.75. The van der Waals surface area contributed by atoms with Gasteiger partial charge in [0.2, 0.25) is 0 Å². The number of benzene rings is 1. The molecular formula is C18H24ClFN2O3. The summed E-state index contributed by atoms with van der Waals surface area (Å²) in [6.07, 6.45) is -0.311. The van der Waals surface area contributed by atoms with Crippen molar-refractivity contribution in [2.45, 2.75) is 45.9 Å². The van der Waals surface area contributed by atoms with E-state index < -0.39 is 5.60 Å². The summed E-state index contributed by atoms with van der Waals surface area (Å²) in [5.41, 5.74) is 0.629. The van der Waals surface area contributed by atoms with Gasteiger partial charge in [-0.2, -0.15) is 0 Å². The zero-order valence-corrected chi connectivity index (χ0v) is 15.8. The lowest BCUT2D eigenvalue weighted by molar-refractivity contribution is -0.00154. The van der Waals surface area contributed by atoms with Crippen LogP contribution in [0.15, 0.2) is 6.07 Å². The van der Waals surface area contributed by atoms with Crippen molar-refractivity contribution in [1.82, 2.24) is 9.80 Å². The zero-order chi connectivity index (χ0) is 18.4. The summed E-state index contributed by atoms with van der Waals surface area (Å²) < 4.78 is 25.4. The molecule has 2 heterocycles. The number of nitrogens with zero attached hydrogens (tertiary/aromatic N) is 2. The number of hydrogen-bond donors (Lipinski definition) is 0. The van der Waals surface area contributed by atoms with E-state index in [1.165, 1.54) is 6.07 Å². The van der Waals surface area contributed by atoms with Crippen LogP contribution in [-0.4, -0.2) is 53.8 Å². The Morgan fingerprint density at radius 2 is 2.12 bits per heavy atom. The van der Waals surface area contributed by atoms with E-state index in [1.807, 2.05) is 20.8 Å². The molecule has 138 valence electrons. The molecular weight excluding hydrogens is 347 g/mol. The highest BCUT2D eigenvalue weighted by atomic mass is 35.5. The van der Waals surface area contributed by atoms with Crippen molar-refractivity contribution in [3.8, 4) is 5.75 Å². The van der Waals surface area contributed by atoms with Crippen LogP contribution in [0.5, 0.6) is 5.75 Å². The molecule has 0 saturated carbocycles. The van der Waals surface area contributed by atoms with Crippen LogP contribution in [0, 0.1) is 12.7 Å². The van der Waals surface area contributed by atoms with Gasteiger partial charge in [-0.05, 0) is 33.8 Å². The van der Waals surface area contributed by atoms with Crippen molar-refractivity contribution in [2.75, 3.05) is 26.2 Å². The number of fused-ring (bicyclic) bond motifs is 2. The minimum atomic E-state index is -0.521. The third-order valence-corrected chi connectivity index (χ3v) is 4.98. The molecule has 0 aliphatic carbocycles. The highest BCUT2D eigenvalue weighted by Gasteiger charge is 2.35. The topological polar surface area (TPSA) is 42.0 Å². The molecule has 1 atom stereocenters. The number of carbonyl (C=O) groups excluding carboxylic acids is 1. The van der Waals surface area contributed by atoms with Gasteiger partial charge in [-0.3, -0.25) is 4.90 Å². The second kappa shape index (κ2) is 6.65. The van der Waals surface area contributed by atoms with E-state index in [9.17, 15) is 9.18 Å². The van der Waals surface area contributed by atoms with Crippen LogP contribution in [0.1, 0.15) is 31.9 Å². The van der Waals surface area contributed by atoms with Crippen LogP contribution in [-0.2, 0) is 11.3 Å². The van der Waals surface area contributed by atoms with E-state index in [2.05, 4.69) is 4.90 Å². The Hall–Kier alpha value is -1.53. The Labute approximate surface area is 152 Å². The van der Waals surface area contributed by atoms with Crippen molar-refractivity contribution in [2.24, 2.45) is 0 Å². The molecule has 1 fully saturated rings. The number of halogens is 2. The van der Waals surface area contributed by atoms with Gasteiger partial charge >= 0.3 is 6.09 Å². The van der Waals surface area contributed by atoms with Crippen molar-refractivity contribution >= 4 is 17.7 Å². The molecule has 0 N–H and O–H groups in total. The summed E-state index contributed by atoms with van der Waals surface area (Å²) in [5.74, 6) is 0.233. The van der Waals surface area contributed by atoms with Crippen LogP contribution in [0.25, 0.3) is 0 Å². The first-order chi connectivity index (χ1) is 11.7. The molecule has 0 radical (unpaired) electrons. The van der Waals surface area contributed by atoms with Crippen LogP contribution >= 0.6 is 11.6 Å². The van der Waals surface area contributed by atoms with Gasteiger partial charge in [-0.1, -0.05) is 11.6 Å². The normalized spacial score (nSPS) is 21.0. The lowest BCUT2D eigenvalue weighted by atomic mass is 10.1. The maximum absolute atomic E-state index is 14.0. The van der Waals surface area contributed by atoms with Gasteiger partial charge in [0.05, 0.1) is 11.1 Å². The first-order valence-electron chi connectivity index (χ1n) is 8.48. The standard InChI is InChI=1S/C18H24ClFN2O3/c1-11-14(20)7-12-8-21-5-6-22(17(23)25-18(2,3)4)9-13(21)10-24-16(12)15(11)19/h7,13H,5-6,8-10H2,1-4H3. The first-order valence-corrected chi connectivity index (χ1v) is 8.86. The molecule has 7 heteroatoms. The van der Waals surface area contributed by atoms with Crippen LogP contribution in [0.4, 0.5) is 9.18 Å². The van der Waals surface area contributed by atoms with Crippen molar-refractivity contribution in [3.63, 3.8) is 0 Å². The second-order valence-electron chi connectivity index (χ2n) is 7.65. The summed E-state index contributed by atoms with van der Waals surface area (Å²) in [4.78, 5) is 16.2. The summed E-state index contributed by atoms with van der Waals surface area (Å²) in [7, 11) is 0. The summed E-state index contributed by atoms with van der Waals surface area (Å²) in [6.45, 7) is 9.92. The smallest absolute Gasteiger partial charge is 0.410 e. The maximum atomic E-state index is 14.0. The van der Waals surface area contributed by atoms with Gasteiger partial charge in [-0.15, -0.1) is 0 Å². The lowest BCUT2D eigenvalue weighted by Gasteiger charge is -2.40. The van der Waals surface area contributed by atoms with E-state index in [-0.39, 0.29) is 18.0 Å². The monoisotopic (exact) mass is 370 g/mol.